The Labute approximate surface area is 92.9 Å². The van der Waals surface area contributed by atoms with Crippen LogP contribution in [0.3, 0.4) is 0 Å². The Balaban J connectivity index is 2.76. The Kier molecular flexibility index (Phi) is 2.53. The summed E-state index contributed by atoms with van der Waals surface area (Å²) in [6.07, 6.45) is 0. The molecule has 0 aliphatic carbocycles. The van der Waals surface area contributed by atoms with Crippen LogP contribution in [0, 0.1) is 16.5 Å². The molecule has 2 rings (SSSR count). The number of halogens is 2. The minimum absolute atomic E-state index is 0.158. The third kappa shape index (κ3) is 1.43. The first-order valence-corrected chi connectivity index (χ1v) is 5.87. The summed E-state index contributed by atoms with van der Waals surface area (Å²) in [7, 11) is 0. The van der Waals surface area contributed by atoms with Crippen LogP contribution in [0.5, 0.6) is 0 Å². The standard InChI is InChI=1S/C10H5BrFNS/c11-4-6-1-2-7-8(5-13)10(12)14-9(7)3-6/h1-3H,4H2. The fourth-order valence-corrected chi connectivity index (χ4v) is 2.59. The van der Waals surface area contributed by atoms with E-state index in [2.05, 4.69) is 15.9 Å². The SMILES string of the molecule is N#Cc1c(F)sc2cc(CBr)ccc12. The highest BCUT2D eigenvalue weighted by atomic mass is 79.9. The zero-order chi connectivity index (χ0) is 10.1. The highest BCUT2D eigenvalue weighted by Gasteiger charge is 2.11. The van der Waals surface area contributed by atoms with Gasteiger partial charge in [-0.1, -0.05) is 28.1 Å². The molecule has 1 nitrogen and oxygen atoms in total. The van der Waals surface area contributed by atoms with E-state index in [0.717, 1.165) is 26.9 Å². The van der Waals surface area contributed by atoms with Gasteiger partial charge in [0, 0.05) is 15.4 Å². The second-order valence-electron chi connectivity index (χ2n) is 2.83. The van der Waals surface area contributed by atoms with E-state index in [4.69, 9.17) is 5.26 Å². The van der Waals surface area contributed by atoms with Crippen LogP contribution in [0.2, 0.25) is 0 Å². The summed E-state index contributed by atoms with van der Waals surface area (Å²) in [5.41, 5.74) is 1.24. The van der Waals surface area contributed by atoms with Gasteiger partial charge in [0.25, 0.3) is 0 Å². The van der Waals surface area contributed by atoms with Crippen LogP contribution in [0.25, 0.3) is 10.1 Å². The van der Waals surface area contributed by atoms with E-state index < -0.39 is 5.13 Å². The van der Waals surface area contributed by atoms with Gasteiger partial charge in [-0.25, -0.2) is 0 Å². The molecule has 70 valence electrons. The van der Waals surface area contributed by atoms with E-state index in [9.17, 15) is 4.39 Å². The summed E-state index contributed by atoms with van der Waals surface area (Å²) in [6.45, 7) is 0. The summed E-state index contributed by atoms with van der Waals surface area (Å²) in [5, 5.41) is 9.79. The predicted molar refractivity (Wildman–Crippen MR) is 59.1 cm³/mol. The lowest BCUT2D eigenvalue weighted by Gasteiger charge is -1.94. The number of hydrogen-bond donors (Lipinski definition) is 0. The minimum atomic E-state index is -0.394. The number of alkyl halides is 1. The molecule has 0 radical (unpaired) electrons. The third-order valence-electron chi connectivity index (χ3n) is 1.98. The number of nitriles is 1. The van der Waals surface area contributed by atoms with Gasteiger partial charge < -0.3 is 0 Å². The van der Waals surface area contributed by atoms with Gasteiger partial charge in [-0.15, -0.1) is 11.3 Å². The quantitative estimate of drug-likeness (QED) is 0.723. The van der Waals surface area contributed by atoms with Gasteiger partial charge in [0.2, 0.25) is 0 Å². The van der Waals surface area contributed by atoms with Gasteiger partial charge in [0.1, 0.15) is 11.6 Å². The van der Waals surface area contributed by atoms with Crippen molar-refractivity contribution >= 4 is 37.4 Å². The van der Waals surface area contributed by atoms with Crippen LogP contribution in [-0.4, -0.2) is 0 Å². The van der Waals surface area contributed by atoms with E-state index in [0.29, 0.717) is 5.39 Å². The Hall–Kier alpha value is -0.920. The van der Waals surface area contributed by atoms with Gasteiger partial charge >= 0.3 is 0 Å². The molecule has 0 amide bonds. The van der Waals surface area contributed by atoms with Crippen LogP contribution >= 0.6 is 27.3 Å². The fraction of sp³-hybridized carbons (Fsp3) is 0.100. The van der Waals surface area contributed by atoms with Crippen LogP contribution < -0.4 is 0 Å². The molecule has 0 N–H and O–H groups in total. The van der Waals surface area contributed by atoms with Crippen molar-refractivity contribution in [3.05, 3.63) is 34.5 Å². The molecule has 0 saturated heterocycles. The lowest BCUT2D eigenvalue weighted by atomic mass is 10.1. The molecule has 0 atom stereocenters. The van der Waals surface area contributed by atoms with Crippen molar-refractivity contribution in [2.45, 2.75) is 5.33 Å². The van der Waals surface area contributed by atoms with Crippen molar-refractivity contribution in [3.8, 4) is 6.07 Å². The molecule has 0 spiro atoms. The molecule has 0 aliphatic rings. The zero-order valence-electron chi connectivity index (χ0n) is 7.05. The average molecular weight is 270 g/mol. The lowest BCUT2D eigenvalue weighted by Crippen LogP contribution is -1.77. The number of nitrogens with zero attached hydrogens (tertiary/aromatic N) is 1. The smallest absolute Gasteiger partial charge is 0.194 e. The summed E-state index contributed by atoms with van der Waals surface area (Å²) in [6, 6.07) is 7.47. The van der Waals surface area contributed by atoms with Gasteiger partial charge in [-0.3, -0.25) is 0 Å². The van der Waals surface area contributed by atoms with Crippen molar-refractivity contribution in [2.24, 2.45) is 0 Å². The highest BCUT2D eigenvalue weighted by molar-refractivity contribution is 9.08. The molecular formula is C10H5BrFNS. The van der Waals surface area contributed by atoms with Gasteiger partial charge in [0.05, 0.1) is 0 Å². The molecule has 1 heterocycles. The molecule has 4 heteroatoms. The first-order chi connectivity index (χ1) is 6.76. The third-order valence-corrected chi connectivity index (χ3v) is 3.57. The first kappa shape index (κ1) is 9.63. The summed E-state index contributed by atoms with van der Waals surface area (Å²) < 4.78 is 14.1. The average Bonchev–Trinajstić information content (AvgIpc) is 2.51. The van der Waals surface area contributed by atoms with Crippen LogP contribution in [0.15, 0.2) is 18.2 Å². The number of thiophene rings is 1. The Bertz CT molecular complexity index is 527. The maximum atomic E-state index is 13.2. The van der Waals surface area contributed by atoms with E-state index in [1.807, 2.05) is 18.2 Å². The summed E-state index contributed by atoms with van der Waals surface area (Å²) >= 11 is 4.35. The van der Waals surface area contributed by atoms with E-state index in [1.165, 1.54) is 0 Å². The highest BCUT2D eigenvalue weighted by Crippen LogP contribution is 2.30. The Morgan fingerprint density at radius 2 is 2.29 bits per heavy atom. The van der Waals surface area contributed by atoms with Gasteiger partial charge in [-0.05, 0) is 11.6 Å². The molecule has 0 bridgehead atoms. The number of fused-ring (bicyclic) bond motifs is 1. The normalized spacial score (nSPS) is 10.4. The van der Waals surface area contributed by atoms with Crippen molar-refractivity contribution in [1.82, 2.24) is 0 Å². The number of benzene rings is 1. The van der Waals surface area contributed by atoms with E-state index >= 15 is 0 Å². The van der Waals surface area contributed by atoms with Crippen molar-refractivity contribution in [1.29, 1.82) is 5.26 Å². The largest absolute Gasteiger partial charge is 0.195 e. The fourth-order valence-electron chi connectivity index (χ4n) is 1.30. The number of rotatable bonds is 1. The lowest BCUT2D eigenvalue weighted by molar-refractivity contribution is 0.655. The minimum Gasteiger partial charge on any atom is -0.194 e. The molecular weight excluding hydrogens is 265 g/mol. The van der Waals surface area contributed by atoms with Crippen LogP contribution in [0.1, 0.15) is 11.1 Å². The van der Waals surface area contributed by atoms with Crippen molar-refractivity contribution in [2.75, 3.05) is 0 Å². The van der Waals surface area contributed by atoms with Gasteiger partial charge in [-0.2, -0.15) is 9.65 Å². The maximum Gasteiger partial charge on any atom is 0.195 e. The Morgan fingerprint density at radius 1 is 1.50 bits per heavy atom. The van der Waals surface area contributed by atoms with Crippen molar-refractivity contribution < 1.29 is 4.39 Å². The monoisotopic (exact) mass is 269 g/mol. The van der Waals surface area contributed by atoms with Crippen LogP contribution in [0.4, 0.5) is 4.39 Å². The molecule has 0 aliphatic heterocycles. The van der Waals surface area contributed by atoms with Gasteiger partial charge in [0.15, 0.2) is 5.13 Å². The Morgan fingerprint density at radius 3 is 2.93 bits per heavy atom. The predicted octanol–water partition coefficient (Wildman–Crippen LogP) is 3.81. The molecule has 2 aromatic rings. The molecule has 1 aromatic carbocycles. The van der Waals surface area contributed by atoms with Crippen LogP contribution in [-0.2, 0) is 5.33 Å². The molecule has 14 heavy (non-hydrogen) atoms. The summed E-state index contributed by atoms with van der Waals surface area (Å²) in [5.74, 6) is 0. The molecule has 0 fully saturated rings. The molecule has 0 unspecified atom stereocenters. The second-order valence-corrected chi connectivity index (χ2v) is 4.39. The molecule has 1 aromatic heterocycles. The number of hydrogen-bond acceptors (Lipinski definition) is 2. The van der Waals surface area contributed by atoms with Crippen molar-refractivity contribution in [3.63, 3.8) is 0 Å². The molecule has 0 saturated carbocycles. The summed E-state index contributed by atoms with van der Waals surface area (Å²) in [4.78, 5) is 0. The first-order valence-electron chi connectivity index (χ1n) is 3.93. The second kappa shape index (κ2) is 3.68. The van der Waals surface area contributed by atoms with E-state index in [1.54, 1.807) is 6.07 Å². The topological polar surface area (TPSA) is 23.8 Å². The zero-order valence-corrected chi connectivity index (χ0v) is 9.45. The maximum absolute atomic E-state index is 13.2. The van der Waals surface area contributed by atoms with E-state index in [-0.39, 0.29) is 5.56 Å².